The molecule has 0 fully saturated rings. The van der Waals surface area contributed by atoms with Crippen LogP contribution in [0.25, 0.3) is 0 Å². The predicted molar refractivity (Wildman–Crippen MR) is 65.5 cm³/mol. The molecule has 0 amide bonds. The minimum Gasteiger partial charge on any atom is -0.466 e. The van der Waals surface area contributed by atoms with Crippen LogP contribution in [-0.2, 0) is 16.1 Å². The monoisotopic (exact) mass is 237 g/mol. The minimum atomic E-state index is -0.275. The van der Waals surface area contributed by atoms with Crippen LogP contribution in [-0.4, -0.2) is 35.9 Å². The molecule has 0 saturated heterocycles. The summed E-state index contributed by atoms with van der Waals surface area (Å²) in [6, 6.07) is 1.91. The molecule has 0 bridgehead atoms. The molecule has 1 aromatic rings. The molecule has 0 atom stereocenters. The number of esters is 1. The first kappa shape index (κ1) is 13.4. The molecular formula is C12H19N3O2. The van der Waals surface area contributed by atoms with Crippen molar-refractivity contribution in [2.24, 2.45) is 0 Å². The maximum Gasteiger partial charge on any atom is 0.333 e. The summed E-state index contributed by atoms with van der Waals surface area (Å²) in [7, 11) is 1.39. The van der Waals surface area contributed by atoms with Gasteiger partial charge in [0.25, 0.3) is 0 Å². The molecule has 0 saturated carbocycles. The van der Waals surface area contributed by atoms with Gasteiger partial charge in [-0.15, -0.1) is 0 Å². The summed E-state index contributed by atoms with van der Waals surface area (Å²) in [5.41, 5.74) is 0.632. The van der Waals surface area contributed by atoms with Crippen molar-refractivity contribution < 1.29 is 9.53 Å². The van der Waals surface area contributed by atoms with Gasteiger partial charge in [0, 0.05) is 31.1 Å². The summed E-state index contributed by atoms with van der Waals surface area (Å²) in [5, 5.41) is 7.34. The van der Waals surface area contributed by atoms with Crippen LogP contribution in [0, 0.1) is 0 Å². The summed E-state index contributed by atoms with van der Waals surface area (Å²) in [5.74, 6) is -0.275. The number of methoxy groups -OCH3 is 1. The quantitative estimate of drug-likeness (QED) is 0.436. The van der Waals surface area contributed by atoms with Gasteiger partial charge in [-0.3, -0.25) is 4.68 Å². The fourth-order valence-electron chi connectivity index (χ4n) is 1.37. The normalized spacial score (nSPS) is 11.5. The lowest BCUT2D eigenvalue weighted by atomic mass is 10.3. The average Bonchev–Trinajstić information content (AvgIpc) is 2.85. The fourth-order valence-corrected chi connectivity index (χ4v) is 1.37. The molecule has 17 heavy (non-hydrogen) atoms. The van der Waals surface area contributed by atoms with E-state index in [2.05, 4.69) is 15.2 Å². The number of hydrogen-bond acceptors (Lipinski definition) is 4. The standard InChI is InChI=1S/C12H19N3O2/c1-11(12(16)17-2)5-8-13-6-3-9-15-10-4-7-14-15/h4-5,7,10,13H,3,6,8-9H2,1-2H3/b11-5+. The van der Waals surface area contributed by atoms with Gasteiger partial charge in [0.05, 0.1) is 7.11 Å². The molecule has 0 aliphatic carbocycles. The molecule has 1 heterocycles. The largest absolute Gasteiger partial charge is 0.466 e. The van der Waals surface area contributed by atoms with E-state index < -0.39 is 0 Å². The Bertz CT molecular complexity index is 358. The number of aromatic nitrogens is 2. The maximum atomic E-state index is 11.1. The van der Waals surface area contributed by atoms with Gasteiger partial charge >= 0.3 is 5.97 Å². The lowest BCUT2D eigenvalue weighted by Crippen LogP contribution is -2.18. The number of hydrogen-bond donors (Lipinski definition) is 1. The Kier molecular flexibility index (Phi) is 6.03. The summed E-state index contributed by atoms with van der Waals surface area (Å²) in [6.07, 6.45) is 6.56. The molecular weight excluding hydrogens is 218 g/mol. The lowest BCUT2D eigenvalue weighted by Gasteiger charge is -2.03. The number of carbonyl (C=O) groups is 1. The van der Waals surface area contributed by atoms with E-state index in [4.69, 9.17) is 0 Å². The average molecular weight is 237 g/mol. The van der Waals surface area contributed by atoms with Crippen LogP contribution < -0.4 is 5.32 Å². The molecule has 94 valence electrons. The smallest absolute Gasteiger partial charge is 0.333 e. The SMILES string of the molecule is COC(=O)/C(C)=C/CNCCCn1cccn1. The maximum absolute atomic E-state index is 11.1. The minimum absolute atomic E-state index is 0.275. The Morgan fingerprint density at radius 1 is 1.59 bits per heavy atom. The van der Waals surface area contributed by atoms with Crippen molar-refractivity contribution in [2.45, 2.75) is 19.9 Å². The van der Waals surface area contributed by atoms with Crippen LogP contribution in [0.5, 0.6) is 0 Å². The van der Waals surface area contributed by atoms with E-state index >= 15 is 0 Å². The zero-order valence-electron chi connectivity index (χ0n) is 10.3. The third kappa shape index (κ3) is 5.31. The van der Waals surface area contributed by atoms with Crippen molar-refractivity contribution >= 4 is 5.97 Å². The van der Waals surface area contributed by atoms with E-state index in [1.807, 2.05) is 23.0 Å². The van der Waals surface area contributed by atoms with Crippen LogP contribution >= 0.6 is 0 Å². The molecule has 0 spiro atoms. The summed E-state index contributed by atoms with van der Waals surface area (Å²) in [4.78, 5) is 11.1. The summed E-state index contributed by atoms with van der Waals surface area (Å²) >= 11 is 0. The first-order valence-electron chi connectivity index (χ1n) is 5.67. The van der Waals surface area contributed by atoms with Gasteiger partial charge < -0.3 is 10.1 Å². The Morgan fingerprint density at radius 2 is 2.41 bits per heavy atom. The first-order chi connectivity index (χ1) is 8.24. The highest BCUT2D eigenvalue weighted by molar-refractivity contribution is 5.87. The van der Waals surface area contributed by atoms with E-state index in [-0.39, 0.29) is 5.97 Å². The van der Waals surface area contributed by atoms with Crippen molar-refractivity contribution in [1.82, 2.24) is 15.1 Å². The van der Waals surface area contributed by atoms with Crippen molar-refractivity contribution in [1.29, 1.82) is 0 Å². The molecule has 1 aromatic heterocycles. The van der Waals surface area contributed by atoms with E-state index in [0.717, 1.165) is 19.5 Å². The van der Waals surface area contributed by atoms with E-state index in [0.29, 0.717) is 12.1 Å². The molecule has 0 aliphatic rings. The first-order valence-corrected chi connectivity index (χ1v) is 5.67. The van der Waals surface area contributed by atoms with Crippen molar-refractivity contribution in [2.75, 3.05) is 20.2 Å². The number of ether oxygens (including phenoxy) is 1. The molecule has 0 aliphatic heterocycles. The second kappa shape index (κ2) is 7.62. The van der Waals surface area contributed by atoms with Gasteiger partial charge in [-0.2, -0.15) is 5.10 Å². The molecule has 1 N–H and O–H groups in total. The van der Waals surface area contributed by atoms with Crippen LogP contribution in [0.15, 0.2) is 30.1 Å². The van der Waals surface area contributed by atoms with Gasteiger partial charge in [-0.1, -0.05) is 6.08 Å². The third-order valence-electron chi connectivity index (χ3n) is 2.36. The zero-order chi connectivity index (χ0) is 12.5. The lowest BCUT2D eigenvalue weighted by molar-refractivity contribution is -0.136. The molecule has 5 heteroatoms. The number of rotatable bonds is 7. The Morgan fingerprint density at radius 3 is 3.06 bits per heavy atom. The topological polar surface area (TPSA) is 56.1 Å². The number of nitrogens with one attached hydrogen (secondary N) is 1. The fraction of sp³-hybridized carbons (Fsp3) is 0.500. The predicted octanol–water partition coefficient (Wildman–Crippen LogP) is 0.982. The third-order valence-corrected chi connectivity index (χ3v) is 2.36. The highest BCUT2D eigenvalue weighted by Gasteiger charge is 2.00. The van der Waals surface area contributed by atoms with Crippen LogP contribution in [0.3, 0.4) is 0 Å². The van der Waals surface area contributed by atoms with Crippen molar-refractivity contribution in [3.05, 3.63) is 30.1 Å². The highest BCUT2D eigenvalue weighted by atomic mass is 16.5. The van der Waals surface area contributed by atoms with E-state index in [9.17, 15) is 4.79 Å². The van der Waals surface area contributed by atoms with Gasteiger partial charge in [0.2, 0.25) is 0 Å². The Labute approximate surface area is 101 Å². The number of aryl methyl sites for hydroxylation is 1. The van der Waals surface area contributed by atoms with Crippen LogP contribution in [0.4, 0.5) is 0 Å². The van der Waals surface area contributed by atoms with Crippen LogP contribution in [0.2, 0.25) is 0 Å². The second-order valence-electron chi connectivity index (χ2n) is 3.71. The molecule has 0 radical (unpaired) electrons. The molecule has 0 aromatic carbocycles. The van der Waals surface area contributed by atoms with Crippen molar-refractivity contribution in [3.63, 3.8) is 0 Å². The van der Waals surface area contributed by atoms with Gasteiger partial charge in [0.15, 0.2) is 0 Å². The van der Waals surface area contributed by atoms with Gasteiger partial charge in [-0.25, -0.2) is 4.79 Å². The molecule has 1 rings (SSSR count). The Hall–Kier alpha value is -1.62. The second-order valence-corrected chi connectivity index (χ2v) is 3.71. The van der Waals surface area contributed by atoms with E-state index in [1.165, 1.54) is 7.11 Å². The number of nitrogens with zero attached hydrogens (tertiary/aromatic N) is 2. The zero-order valence-corrected chi connectivity index (χ0v) is 10.3. The summed E-state index contributed by atoms with van der Waals surface area (Å²) in [6.45, 7) is 4.22. The van der Waals surface area contributed by atoms with Crippen molar-refractivity contribution in [3.8, 4) is 0 Å². The highest BCUT2D eigenvalue weighted by Crippen LogP contribution is 1.94. The molecule has 5 nitrogen and oxygen atoms in total. The van der Waals surface area contributed by atoms with Gasteiger partial charge in [0.1, 0.15) is 0 Å². The summed E-state index contributed by atoms with van der Waals surface area (Å²) < 4.78 is 6.49. The number of carbonyl (C=O) groups excluding carboxylic acids is 1. The van der Waals surface area contributed by atoms with Crippen LogP contribution in [0.1, 0.15) is 13.3 Å². The van der Waals surface area contributed by atoms with E-state index in [1.54, 1.807) is 13.1 Å². The van der Waals surface area contributed by atoms with Gasteiger partial charge in [-0.05, 0) is 26.0 Å². The molecule has 0 unspecified atom stereocenters. The Balaban J connectivity index is 2.06.